The molecule has 1 aromatic heterocycles. The molecule has 0 aliphatic carbocycles. The van der Waals surface area contributed by atoms with E-state index in [4.69, 9.17) is 0 Å². The van der Waals surface area contributed by atoms with Crippen LogP contribution >= 0.6 is 11.3 Å². The average molecular weight is 314 g/mol. The fraction of sp³-hybridized carbons (Fsp3) is 0.389. The van der Waals surface area contributed by atoms with Crippen LogP contribution in [0.25, 0.3) is 0 Å². The van der Waals surface area contributed by atoms with Gasteiger partial charge < -0.3 is 4.90 Å². The molecule has 22 heavy (non-hydrogen) atoms. The van der Waals surface area contributed by atoms with Gasteiger partial charge in [-0.3, -0.25) is 9.69 Å². The van der Waals surface area contributed by atoms with Crippen molar-refractivity contribution in [3.8, 4) is 0 Å². The molecule has 1 aliphatic rings. The van der Waals surface area contributed by atoms with E-state index in [1.165, 1.54) is 12.0 Å². The molecule has 1 atom stereocenters. The predicted octanol–water partition coefficient (Wildman–Crippen LogP) is 3.34. The molecule has 0 radical (unpaired) electrons. The summed E-state index contributed by atoms with van der Waals surface area (Å²) >= 11 is 1.57. The van der Waals surface area contributed by atoms with Gasteiger partial charge in [0.1, 0.15) is 0 Å². The zero-order valence-corrected chi connectivity index (χ0v) is 13.8. The molecule has 1 amide bonds. The van der Waals surface area contributed by atoms with Crippen molar-refractivity contribution < 1.29 is 4.79 Å². The minimum atomic E-state index is 0.141. The molecule has 0 spiro atoms. The first-order chi connectivity index (χ1) is 10.7. The summed E-state index contributed by atoms with van der Waals surface area (Å²) in [6.45, 7) is 4.07. The highest BCUT2D eigenvalue weighted by Crippen LogP contribution is 2.20. The first-order valence-electron chi connectivity index (χ1n) is 7.76. The maximum Gasteiger partial charge on any atom is 0.254 e. The predicted molar refractivity (Wildman–Crippen MR) is 91.1 cm³/mol. The molecule has 0 bridgehead atoms. The van der Waals surface area contributed by atoms with Crippen molar-refractivity contribution in [2.45, 2.75) is 13.0 Å². The van der Waals surface area contributed by atoms with Crippen molar-refractivity contribution in [2.75, 3.05) is 26.7 Å². The minimum absolute atomic E-state index is 0.141. The molecule has 116 valence electrons. The monoisotopic (exact) mass is 314 g/mol. The van der Waals surface area contributed by atoms with Gasteiger partial charge in [-0.1, -0.05) is 30.3 Å². The minimum Gasteiger partial charge on any atom is -0.341 e. The molecular weight excluding hydrogens is 292 g/mol. The number of amides is 1. The number of carbonyl (C=O) groups is 1. The third kappa shape index (κ3) is 3.76. The largest absolute Gasteiger partial charge is 0.341 e. The van der Waals surface area contributed by atoms with Crippen molar-refractivity contribution in [3.05, 3.63) is 58.3 Å². The summed E-state index contributed by atoms with van der Waals surface area (Å²) in [6.07, 6.45) is 1.17. The smallest absolute Gasteiger partial charge is 0.254 e. The van der Waals surface area contributed by atoms with Gasteiger partial charge in [-0.25, -0.2) is 0 Å². The number of carbonyl (C=O) groups excluding carboxylic acids is 1. The van der Waals surface area contributed by atoms with Crippen molar-refractivity contribution >= 4 is 17.2 Å². The fourth-order valence-corrected chi connectivity index (χ4v) is 3.75. The lowest BCUT2D eigenvalue weighted by Crippen LogP contribution is -2.32. The number of hydrogen-bond acceptors (Lipinski definition) is 3. The summed E-state index contributed by atoms with van der Waals surface area (Å²) in [5.74, 6) is 0.721. The highest BCUT2D eigenvalue weighted by atomic mass is 32.1. The Morgan fingerprint density at radius 3 is 2.86 bits per heavy atom. The lowest BCUT2D eigenvalue weighted by molar-refractivity contribution is 0.0773. The Morgan fingerprint density at radius 2 is 2.14 bits per heavy atom. The Kier molecular flexibility index (Phi) is 4.90. The normalized spacial score (nSPS) is 18.5. The van der Waals surface area contributed by atoms with Gasteiger partial charge >= 0.3 is 0 Å². The summed E-state index contributed by atoms with van der Waals surface area (Å²) in [6, 6.07) is 12.5. The van der Waals surface area contributed by atoms with E-state index in [-0.39, 0.29) is 5.91 Å². The molecule has 1 fully saturated rings. The molecule has 3 nitrogen and oxygen atoms in total. The van der Waals surface area contributed by atoms with E-state index in [0.29, 0.717) is 5.92 Å². The molecule has 0 N–H and O–H groups in total. The van der Waals surface area contributed by atoms with Crippen LogP contribution < -0.4 is 0 Å². The average Bonchev–Trinajstić information content (AvgIpc) is 3.19. The summed E-state index contributed by atoms with van der Waals surface area (Å²) in [5.41, 5.74) is 2.18. The Balaban J connectivity index is 1.49. The van der Waals surface area contributed by atoms with E-state index in [9.17, 15) is 4.79 Å². The van der Waals surface area contributed by atoms with E-state index in [2.05, 4.69) is 35.2 Å². The topological polar surface area (TPSA) is 23.6 Å². The molecule has 3 rings (SSSR count). The van der Waals surface area contributed by atoms with Crippen LogP contribution in [0, 0.1) is 5.92 Å². The van der Waals surface area contributed by atoms with Gasteiger partial charge in [0.05, 0.1) is 5.56 Å². The first-order valence-corrected chi connectivity index (χ1v) is 8.70. The van der Waals surface area contributed by atoms with E-state index < -0.39 is 0 Å². The van der Waals surface area contributed by atoms with E-state index >= 15 is 0 Å². The number of benzene rings is 1. The first kappa shape index (κ1) is 15.3. The molecule has 2 heterocycles. The van der Waals surface area contributed by atoms with Gasteiger partial charge in [-0.15, -0.1) is 0 Å². The molecule has 1 saturated heterocycles. The Bertz CT molecular complexity index is 597. The summed E-state index contributed by atoms with van der Waals surface area (Å²) in [5, 5.41) is 3.88. The number of rotatable bonds is 5. The van der Waals surface area contributed by atoms with Gasteiger partial charge in [0.15, 0.2) is 0 Å². The van der Waals surface area contributed by atoms with Crippen molar-refractivity contribution in [1.82, 2.24) is 9.80 Å². The van der Waals surface area contributed by atoms with E-state index in [1.54, 1.807) is 11.3 Å². The second-order valence-corrected chi connectivity index (χ2v) is 6.85. The second-order valence-electron chi connectivity index (χ2n) is 6.07. The summed E-state index contributed by atoms with van der Waals surface area (Å²) in [7, 11) is 1.92. The number of likely N-dealkylation sites (tertiary alicyclic amines) is 1. The van der Waals surface area contributed by atoms with Crippen molar-refractivity contribution in [1.29, 1.82) is 0 Å². The van der Waals surface area contributed by atoms with Crippen molar-refractivity contribution in [3.63, 3.8) is 0 Å². The summed E-state index contributed by atoms with van der Waals surface area (Å²) < 4.78 is 0. The molecule has 1 unspecified atom stereocenters. The van der Waals surface area contributed by atoms with E-state index in [0.717, 1.165) is 31.7 Å². The van der Waals surface area contributed by atoms with Crippen LogP contribution in [0.5, 0.6) is 0 Å². The van der Waals surface area contributed by atoms with Gasteiger partial charge in [0.25, 0.3) is 5.91 Å². The van der Waals surface area contributed by atoms with Crippen LogP contribution in [-0.2, 0) is 6.54 Å². The van der Waals surface area contributed by atoms with E-state index in [1.807, 2.05) is 28.8 Å². The van der Waals surface area contributed by atoms with Crippen LogP contribution in [-0.4, -0.2) is 42.4 Å². The standard InChI is InChI=1S/C18H22N2OS/c1-19(18(21)17-8-10-22-14-17)11-16-7-9-20(13-16)12-15-5-3-2-4-6-15/h2-6,8,10,14,16H,7,9,11-13H2,1H3. The van der Waals surface area contributed by atoms with Gasteiger partial charge in [0, 0.05) is 32.1 Å². The van der Waals surface area contributed by atoms with Crippen LogP contribution in [0.4, 0.5) is 0 Å². The van der Waals surface area contributed by atoms with Crippen LogP contribution in [0.3, 0.4) is 0 Å². The second kappa shape index (κ2) is 7.07. The van der Waals surface area contributed by atoms with Crippen LogP contribution in [0.1, 0.15) is 22.3 Å². The third-order valence-corrected chi connectivity index (χ3v) is 4.95. The van der Waals surface area contributed by atoms with Crippen LogP contribution in [0.2, 0.25) is 0 Å². The fourth-order valence-electron chi connectivity index (χ4n) is 3.12. The molecular formula is C18H22N2OS. The molecule has 4 heteroatoms. The number of hydrogen-bond donors (Lipinski definition) is 0. The van der Waals surface area contributed by atoms with Gasteiger partial charge in [0.2, 0.25) is 0 Å². The van der Waals surface area contributed by atoms with Crippen molar-refractivity contribution in [2.24, 2.45) is 5.92 Å². The lowest BCUT2D eigenvalue weighted by atomic mass is 10.1. The molecule has 0 saturated carbocycles. The zero-order valence-electron chi connectivity index (χ0n) is 12.9. The molecule has 1 aliphatic heterocycles. The Morgan fingerprint density at radius 1 is 1.32 bits per heavy atom. The van der Waals surface area contributed by atoms with Gasteiger partial charge in [-0.2, -0.15) is 11.3 Å². The zero-order chi connectivity index (χ0) is 15.4. The quantitative estimate of drug-likeness (QED) is 0.845. The maximum atomic E-state index is 12.3. The summed E-state index contributed by atoms with van der Waals surface area (Å²) in [4.78, 5) is 16.6. The number of thiophene rings is 1. The molecule has 2 aromatic rings. The maximum absolute atomic E-state index is 12.3. The van der Waals surface area contributed by atoms with Gasteiger partial charge in [-0.05, 0) is 35.9 Å². The Hall–Kier alpha value is -1.65. The molecule has 1 aromatic carbocycles. The lowest BCUT2D eigenvalue weighted by Gasteiger charge is -2.21. The number of nitrogens with zero attached hydrogens (tertiary/aromatic N) is 2. The van der Waals surface area contributed by atoms with Crippen LogP contribution in [0.15, 0.2) is 47.2 Å². The highest BCUT2D eigenvalue weighted by Gasteiger charge is 2.25. The SMILES string of the molecule is CN(CC1CCN(Cc2ccccc2)C1)C(=O)c1ccsc1. The highest BCUT2D eigenvalue weighted by molar-refractivity contribution is 7.08. The third-order valence-electron chi connectivity index (χ3n) is 4.27. The Labute approximate surface area is 136 Å².